The number of carbonyl (C=O) groups is 2. The second kappa shape index (κ2) is 8.73. The molecule has 0 spiro atoms. The number of nitrogens with zero attached hydrogens (tertiary/aromatic N) is 2. The predicted octanol–water partition coefficient (Wildman–Crippen LogP) is 2.06. The third-order valence-electron chi connectivity index (χ3n) is 3.44. The van der Waals surface area contributed by atoms with Crippen LogP contribution >= 0.6 is 0 Å². The molecule has 0 aromatic heterocycles. The van der Waals surface area contributed by atoms with Gasteiger partial charge in [0, 0.05) is 6.54 Å². The maximum atomic E-state index is 12.2. The van der Waals surface area contributed by atoms with Crippen LogP contribution in [0.5, 0.6) is 0 Å². The fourth-order valence-electron chi connectivity index (χ4n) is 2.23. The lowest BCUT2D eigenvalue weighted by molar-refractivity contribution is 0.0796. The van der Waals surface area contributed by atoms with Crippen molar-refractivity contribution in [3.05, 3.63) is 60.7 Å². The summed E-state index contributed by atoms with van der Waals surface area (Å²) in [7, 11) is 0. The Bertz CT molecular complexity index is 603. The van der Waals surface area contributed by atoms with Crippen LogP contribution < -0.4 is 5.84 Å². The highest BCUT2D eigenvalue weighted by Crippen LogP contribution is 2.13. The van der Waals surface area contributed by atoms with Crippen LogP contribution in [-0.2, 0) is 16.1 Å². The Hall–Kier alpha value is -2.80. The normalized spacial score (nSPS) is 15.9. The summed E-state index contributed by atoms with van der Waals surface area (Å²) in [4.78, 5) is 25.4. The lowest BCUT2D eigenvalue weighted by atomic mass is 10.2. The van der Waals surface area contributed by atoms with E-state index in [1.807, 2.05) is 42.5 Å². The van der Waals surface area contributed by atoms with E-state index in [-0.39, 0.29) is 25.8 Å². The molecule has 24 heavy (non-hydrogen) atoms. The fraction of sp³-hybridized carbons (Fsp3) is 0.294. The molecule has 1 aromatic carbocycles. The van der Waals surface area contributed by atoms with Crippen LogP contribution in [0.3, 0.4) is 0 Å². The first kappa shape index (κ1) is 17.6. The molecule has 2 N–H and O–H groups in total. The smallest absolute Gasteiger partial charge is 0.424 e. The number of hydrazine groups is 1. The average Bonchev–Trinajstić information content (AvgIpc) is 3.06. The van der Waals surface area contributed by atoms with Gasteiger partial charge in [-0.05, 0) is 5.56 Å². The number of carbonyl (C=O) groups excluding carboxylic acids is 2. The van der Waals surface area contributed by atoms with Crippen molar-refractivity contribution in [2.45, 2.75) is 12.6 Å². The van der Waals surface area contributed by atoms with E-state index in [0.29, 0.717) is 6.54 Å². The largest absolute Gasteiger partial charge is 0.445 e. The summed E-state index contributed by atoms with van der Waals surface area (Å²) in [6, 6.07) is 9.06. The first-order valence-electron chi connectivity index (χ1n) is 7.55. The predicted molar refractivity (Wildman–Crippen MR) is 88.7 cm³/mol. The van der Waals surface area contributed by atoms with Gasteiger partial charge in [-0.25, -0.2) is 20.4 Å². The Morgan fingerprint density at radius 1 is 1.33 bits per heavy atom. The minimum atomic E-state index is -0.673. The molecule has 128 valence electrons. The standard InChI is InChI=1S/C17H21N3O4/c1-2-11-23-17(22)20(18)12-15-9-6-10-19(15)16(21)24-13-14-7-4-3-5-8-14/h2-9,15H,1,10-13,18H2. The molecule has 1 aliphatic heterocycles. The van der Waals surface area contributed by atoms with E-state index in [2.05, 4.69) is 6.58 Å². The molecule has 7 nitrogen and oxygen atoms in total. The van der Waals surface area contributed by atoms with E-state index < -0.39 is 12.2 Å². The molecule has 2 rings (SSSR count). The van der Waals surface area contributed by atoms with Crippen molar-refractivity contribution in [1.82, 2.24) is 9.91 Å². The van der Waals surface area contributed by atoms with Gasteiger partial charge in [0.15, 0.2) is 0 Å². The summed E-state index contributed by atoms with van der Waals surface area (Å²) >= 11 is 0. The molecule has 0 saturated heterocycles. The van der Waals surface area contributed by atoms with Crippen LogP contribution in [0.1, 0.15) is 5.56 Å². The summed E-state index contributed by atoms with van der Waals surface area (Å²) < 4.78 is 10.2. The molecule has 0 radical (unpaired) electrons. The first-order chi connectivity index (χ1) is 11.6. The zero-order chi connectivity index (χ0) is 17.4. The van der Waals surface area contributed by atoms with Gasteiger partial charge in [0.05, 0.1) is 12.6 Å². The molecular weight excluding hydrogens is 310 g/mol. The van der Waals surface area contributed by atoms with Crippen molar-refractivity contribution >= 4 is 12.2 Å². The summed E-state index contributed by atoms with van der Waals surface area (Å²) in [5.74, 6) is 5.68. The van der Waals surface area contributed by atoms with Gasteiger partial charge < -0.3 is 9.47 Å². The molecule has 0 saturated carbocycles. The van der Waals surface area contributed by atoms with Gasteiger partial charge in [-0.2, -0.15) is 0 Å². The Morgan fingerprint density at radius 3 is 2.79 bits per heavy atom. The van der Waals surface area contributed by atoms with Gasteiger partial charge in [0.25, 0.3) is 0 Å². The lowest BCUT2D eigenvalue weighted by Crippen LogP contribution is -2.48. The number of nitrogens with two attached hydrogens (primary N) is 1. The van der Waals surface area contributed by atoms with Crippen LogP contribution in [0.25, 0.3) is 0 Å². The van der Waals surface area contributed by atoms with E-state index in [1.165, 1.54) is 11.0 Å². The van der Waals surface area contributed by atoms with Crippen molar-refractivity contribution in [3.8, 4) is 0 Å². The van der Waals surface area contributed by atoms with Crippen molar-refractivity contribution in [2.24, 2.45) is 5.84 Å². The molecular formula is C17H21N3O4. The lowest BCUT2D eigenvalue weighted by Gasteiger charge is -2.27. The summed E-state index contributed by atoms with van der Waals surface area (Å²) in [5, 5.41) is 0.932. The molecule has 0 aliphatic carbocycles. The topological polar surface area (TPSA) is 85.1 Å². The molecule has 1 aromatic rings. The fourth-order valence-corrected chi connectivity index (χ4v) is 2.23. The number of hydrogen-bond donors (Lipinski definition) is 1. The number of rotatable bonds is 6. The second-order valence-corrected chi connectivity index (χ2v) is 5.21. The monoisotopic (exact) mass is 331 g/mol. The van der Waals surface area contributed by atoms with Crippen LogP contribution in [0, 0.1) is 0 Å². The van der Waals surface area contributed by atoms with Gasteiger partial charge in [-0.1, -0.05) is 55.1 Å². The molecule has 0 bridgehead atoms. The van der Waals surface area contributed by atoms with Crippen molar-refractivity contribution in [1.29, 1.82) is 0 Å². The van der Waals surface area contributed by atoms with Crippen molar-refractivity contribution in [3.63, 3.8) is 0 Å². The van der Waals surface area contributed by atoms with Crippen molar-refractivity contribution in [2.75, 3.05) is 19.7 Å². The number of ether oxygens (including phenoxy) is 2. The van der Waals surface area contributed by atoms with Gasteiger partial charge in [0.1, 0.15) is 13.2 Å². The minimum Gasteiger partial charge on any atom is -0.445 e. The Labute approximate surface area is 140 Å². The van der Waals surface area contributed by atoms with Crippen LogP contribution in [-0.4, -0.2) is 47.8 Å². The zero-order valence-corrected chi connectivity index (χ0v) is 13.3. The highest BCUT2D eigenvalue weighted by atomic mass is 16.6. The Kier molecular flexibility index (Phi) is 6.39. The molecule has 0 fully saturated rings. The van der Waals surface area contributed by atoms with Gasteiger partial charge in [0.2, 0.25) is 0 Å². The van der Waals surface area contributed by atoms with Gasteiger partial charge >= 0.3 is 12.2 Å². The molecule has 2 amide bonds. The van der Waals surface area contributed by atoms with E-state index in [9.17, 15) is 9.59 Å². The van der Waals surface area contributed by atoms with E-state index in [4.69, 9.17) is 15.3 Å². The molecule has 1 aliphatic rings. The van der Waals surface area contributed by atoms with Crippen LogP contribution in [0.4, 0.5) is 9.59 Å². The highest BCUT2D eigenvalue weighted by molar-refractivity contribution is 5.70. The third-order valence-corrected chi connectivity index (χ3v) is 3.44. The number of benzene rings is 1. The molecule has 1 heterocycles. The second-order valence-electron chi connectivity index (χ2n) is 5.21. The van der Waals surface area contributed by atoms with E-state index in [1.54, 1.807) is 0 Å². The van der Waals surface area contributed by atoms with Crippen molar-refractivity contribution < 1.29 is 19.1 Å². The highest BCUT2D eigenvalue weighted by Gasteiger charge is 2.28. The van der Waals surface area contributed by atoms with Gasteiger partial charge in [-0.3, -0.25) is 4.90 Å². The maximum Gasteiger partial charge on any atom is 0.424 e. The first-order valence-corrected chi connectivity index (χ1v) is 7.55. The molecule has 1 atom stereocenters. The van der Waals surface area contributed by atoms with E-state index in [0.717, 1.165) is 10.6 Å². The maximum absolute atomic E-state index is 12.2. The summed E-state index contributed by atoms with van der Waals surface area (Å²) in [6.07, 6.45) is 3.96. The average molecular weight is 331 g/mol. The zero-order valence-electron chi connectivity index (χ0n) is 13.3. The van der Waals surface area contributed by atoms with Gasteiger partial charge in [-0.15, -0.1) is 0 Å². The van der Waals surface area contributed by atoms with Crippen LogP contribution in [0.15, 0.2) is 55.1 Å². The summed E-state index contributed by atoms with van der Waals surface area (Å²) in [5.41, 5.74) is 0.906. The Balaban J connectivity index is 1.84. The van der Waals surface area contributed by atoms with Crippen LogP contribution in [0.2, 0.25) is 0 Å². The SMILES string of the molecule is C=CCOC(=O)N(N)CC1C=CCN1C(=O)OCc1ccccc1. The molecule has 7 heteroatoms. The number of amides is 2. The minimum absolute atomic E-state index is 0.0792. The summed E-state index contributed by atoms with van der Waals surface area (Å²) in [6.45, 7) is 4.26. The third kappa shape index (κ3) is 4.85. The Morgan fingerprint density at radius 2 is 2.08 bits per heavy atom. The van der Waals surface area contributed by atoms with E-state index >= 15 is 0 Å². The molecule has 1 unspecified atom stereocenters. The number of hydrogen-bond acceptors (Lipinski definition) is 5. The quantitative estimate of drug-likeness (QED) is 0.373.